The van der Waals surface area contributed by atoms with Crippen LogP contribution in [-0.2, 0) is 10.0 Å². The van der Waals surface area contributed by atoms with Crippen molar-refractivity contribution in [2.24, 2.45) is 5.10 Å². The Morgan fingerprint density at radius 1 is 1.17 bits per heavy atom. The first kappa shape index (κ1) is 21.5. The highest BCUT2D eigenvalue weighted by Gasteiger charge is 2.27. The molecule has 160 valence electrons. The summed E-state index contributed by atoms with van der Waals surface area (Å²) in [6.45, 7) is 5.78. The minimum atomic E-state index is -3.95. The Kier molecular flexibility index (Phi) is 6.22. The minimum absolute atomic E-state index is 0.146. The number of hydrogen-bond acceptors (Lipinski definition) is 8. The molecular weight excluding hydrogens is 412 g/mol. The highest BCUT2D eigenvalue weighted by molar-refractivity contribution is 7.89. The maximum Gasteiger partial charge on any atom is 0.270 e. The summed E-state index contributed by atoms with van der Waals surface area (Å²) in [5.41, 5.74) is 3.89. The first-order valence-corrected chi connectivity index (χ1v) is 10.7. The molecule has 2 aromatic carbocycles. The van der Waals surface area contributed by atoms with Crippen LogP contribution >= 0.6 is 0 Å². The summed E-state index contributed by atoms with van der Waals surface area (Å²) in [7, 11) is -3.95. The van der Waals surface area contributed by atoms with Gasteiger partial charge in [0.25, 0.3) is 5.69 Å². The number of non-ortho nitro benzene ring substituents is 1. The van der Waals surface area contributed by atoms with E-state index in [2.05, 4.69) is 10.5 Å². The molecule has 1 aliphatic heterocycles. The van der Waals surface area contributed by atoms with Crippen molar-refractivity contribution < 1.29 is 22.8 Å². The lowest BCUT2D eigenvalue weighted by atomic mass is 10.1. The number of ether oxygens (including phenoxy) is 2. The van der Waals surface area contributed by atoms with Crippen LogP contribution in [0, 0.1) is 10.1 Å². The second-order valence-corrected chi connectivity index (χ2v) is 8.31. The number of fused-ring (bicyclic) bond motifs is 1. The fourth-order valence-corrected chi connectivity index (χ4v) is 4.58. The van der Waals surface area contributed by atoms with E-state index >= 15 is 0 Å². The van der Waals surface area contributed by atoms with Crippen LogP contribution in [0.3, 0.4) is 0 Å². The number of nitro benzene ring substituents is 1. The summed E-state index contributed by atoms with van der Waals surface area (Å²) in [6, 6.07) is 8.95. The third-order valence-corrected chi connectivity index (χ3v) is 6.72. The van der Waals surface area contributed by atoms with Crippen molar-refractivity contribution in [1.82, 2.24) is 4.31 Å². The van der Waals surface area contributed by atoms with Gasteiger partial charge in [-0.25, -0.2) is 8.42 Å². The van der Waals surface area contributed by atoms with E-state index in [1.807, 2.05) is 0 Å². The molecule has 1 N–H and O–H groups in total. The predicted octanol–water partition coefficient (Wildman–Crippen LogP) is 3.19. The predicted molar refractivity (Wildman–Crippen MR) is 112 cm³/mol. The summed E-state index contributed by atoms with van der Waals surface area (Å²) in [5, 5.41) is 15.4. The van der Waals surface area contributed by atoms with Gasteiger partial charge in [0, 0.05) is 30.8 Å². The Labute approximate surface area is 174 Å². The van der Waals surface area contributed by atoms with Gasteiger partial charge in [-0.1, -0.05) is 13.8 Å². The molecular formula is C19H22N4O6S. The number of hydrazone groups is 1. The van der Waals surface area contributed by atoms with Crippen LogP contribution in [0.4, 0.5) is 11.4 Å². The first-order chi connectivity index (χ1) is 14.3. The molecule has 0 aromatic heterocycles. The fraction of sp³-hybridized carbons (Fsp3) is 0.316. The summed E-state index contributed by atoms with van der Waals surface area (Å²) < 4.78 is 37.9. The molecule has 0 saturated carbocycles. The van der Waals surface area contributed by atoms with E-state index in [0.29, 0.717) is 17.2 Å². The Balaban J connectivity index is 1.97. The molecule has 0 aliphatic carbocycles. The average Bonchev–Trinajstić information content (AvgIpc) is 3.20. The molecule has 0 unspecified atom stereocenters. The Morgan fingerprint density at radius 2 is 1.87 bits per heavy atom. The minimum Gasteiger partial charge on any atom is -0.454 e. The topological polar surface area (TPSA) is 123 Å². The van der Waals surface area contributed by atoms with Crippen LogP contribution in [0.5, 0.6) is 11.5 Å². The number of rotatable bonds is 8. The van der Waals surface area contributed by atoms with Gasteiger partial charge in [-0.3, -0.25) is 15.5 Å². The highest BCUT2D eigenvalue weighted by Crippen LogP contribution is 2.33. The maximum atomic E-state index is 13.0. The van der Waals surface area contributed by atoms with Gasteiger partial charge in [0.15, 0.2) is 11.5 Å². The van der Waals surface area contributed by atoms with E-state index < -0.39 is 14.9 Å². The zero-order valence-electron chi connectivity index (χ0n) is 16.8. The van der Waals surface area contributed by atoms with Crippen LogP contribution in [-0.4, -0.2) is 43.2 Å². The number of benzene rings is 2. The van der Waals surface area contributed by atoms with E-state index in [-0.39, 0.29) is 36.2 Å². The number of nitrogens with zero attached hydrogens (tertiary/aromatic N) is 3. The maximum absolute atomic E-state index is 13.0. The lowest BCUT2D eigenvalue weighted by Crippen LogP contribution is -2.31. The quantitative estimate of drug-likeness (QED) is 0.384. The van der Waals surface area contributed by atoms with Gasteiger partial charge >= 0.3 is 0 Å². The fourth-order valence-electron chi connectivity index (χ4n) is 2.96. The summed E-state index contributed by atoms with van der Waals surface area (Å²) in [4.78, 5) is 10.3. The van der Waals surface area contributed by atoms with Crippen molar-refractivity contribution in [2.75, 3.05) is 25.3 Å². The first-order valence-electron chi connectivity index (χ1n) is 9.26. The Hall–Kier alpha value is -3.18. The van der Waals surface area contributed by atoms with Crippen molar-refractivity contribution in [1.29, 1.82) is 0 Å². The number of hydrogen-bond donors (Lipinski definition) is 1. The van der Waals surface area contributed by atoms with Crippen LogP contribution in [0.25, 0.3) is 0 Å². The Bertz CT molecular complexity index is 1100. The third-order valence-electron chi connectivity index (χ3n) is 4.63. The standard InChI is InChI=1S/C19H22N4O6S/c1-4-22(5-2)30(26,27)19-11-15(23(24)25)7-8-16(19)21-20-13(3)14-6-9-17-18(10-14)29-12-28-17/h6-11,21H,4-5,12H2,1-3H3. The highest BCUT2D eigenvalue weighted by atomic mass is 32.2. The SMILES string of the molecule is CCN(CC)S(=O)(=O)c1cc([N+](=O)[O-])ccc1NN=C(C)c1ccc2c(c1)OCO2. The lowest BCUT2D eigenvalue weighted by molar-refractivity contribution is -0.385. The number of sulfonamides is 1. The average molecular weight is 434 g/mol. The van der Waals surface area contributed by atoms with E-state index in [9.17, 15) is 18.5 Å². The third kappa shape index (κ3) is 4.21. The van der Waals surface area contributed by atoms with Gasteiger partial charge in [0.2, 0.25) is 16.8 Å². The molecule has 10 nitrogen and oxygen atoms in total. The number of nitrogens with one attached hydrogen (secondary N) is 1. The van der Waals surface area contributed by atoms with E-state index in [1.165, 1.54) is 16.4 Å². The molecule has 11 heteroatoms. The number of anilines is 1. The van der Waals surface area contributed by atoms with E-state index in [1.54, 1.807) is 39.0 Å². The van der Waals surface area contributed by atoms with Crippen LogP contribution in [0.15, 0.2) is 46.4 Å². The monoisotopic (exact) mass is 434 g/mol. The van der Waals surface area contributed by atoms with Gasteiger partial charge in [-0.05, 0) is 31.2 Å². The second kappa shape index (κ2) is 8.67. The lowest BCUT2D eigenvalue weighted by Gasteiger charge is -2.20. The van der Waals surface area contributed by atoms with E-state index in [0.717, 1.165) is 11.6 Å². The van der Waals surface area contributed by atoms with Crippen molar-refractivity contribution in [3.05, 3.63) is 52.1 Å². The number of nitro groups is 1. The van der Waals surface area contributed by atoms with Crippen molar-refractivity contribution in [3.8, 4) is 11.5 Å². The molecule has 3 rings (SSSR count). The molecule has 0 atom stereocenters. The van der Waals surface area contributed by atoms with Gasteiger partial charge < -0.3 is 9.47 Å². The molecule has 0 spiro atoms. The van der Waals surface area contributed by atoms with Crippen LogP contribution in [0.2, 0.25) is 0 Å². The summed E-state index contributed by atoms with van der Waals surface area (Å²) >= 11 is 0. The molecule has 1 aliphatic rings. The molecule has 30 heavy (non-hydrogen) atoms. The largest absolute Gasteiger partial charge is 0.454 e. The Morgan fingerprint density at radius 3 is 2.53 bits per heavy atom. The normalized spacial score (nSPS) is 13.5. The smallest absolute Gasteiger partial charge is 0.270 e. The molecule has 1 heterocycles. The molecule has 2 aromatic rings. The van der Waals surface area contributed by atoms with E-state index in [4.69, 9.17) is 9.47 Å². The second-order valence-electron chi connectivity index (χ2n) is 6.40. The van der Waals surface area contributed by atoms with Gasteiger partial charge in [-0.15, -0.1) is 0 Å². The molecule has 0 radical (unpaired) electrons. The van der Waals surface area contributed by atoms with Crippen molar-refractivity contribution in [2.45, 2.75) is 25.7 Å². The van der Waals surface area contributed by atoms with Crippen LogP contribution in [0.1, 0.15) is 26.3 Å². The molecule has 0 bridgehead atoms. The van der Waals surface area contributed by atoms with Gasteiger partial charge in [0.1, 0.15) is 4.90 Å². The van der Waals surface area contributed by atoms with Crippen molar-refractivity contribution >= 4 is 27.1 Å². The molecule has 0 fully saturated rings. The zero-order chi connectivity index (χ0) is 21.9. The van der Waals surface area contributed by atoms with Gasteiger partial charge in [0.05, 0.1) is 16.3 Å². The zero-order valence-corrected chi connectivity index (χ0v) is 17.6. The van der Waals surface area contributed by atoms with Crippen molar-refractivity contribution in [3.63, 3.8) is 0 Å². The van der Waals surface area contributed by atoms with Gasteiger partial charge in [-0.2, -0.15) is 9.41 Å². The molecule has 0 saturated heterocycles. The molecule has 0 amide bonds. The summed E-state index contributed by atoms with van der Waals surface area (Å²) in [6.07, 6.45) is 0. The summed E-state index contributed by atoms with van der Waals surface area (Å²) in [5.74, 6) is 1.24. The van der Waals surface area contributed by atoms with Crippen LogP contribution < -0.4 is 14.9 Å².